The number of aliphatic hydroxyl groups is 1. The second kappa shape index (κ2) is 5.58. The number of rotatable bonds is 5. The second-order valence-electron chi connectivity index (χ2n) is 7.20. The number of carbonyl (C=O) groups is 1. The van der Waals surface area contributed by atoms with E-state index in [4.69, 9.17) is 4.74 Å². The molecule has 122 valence electrons. The van der Waals surface area contributed by atoms with E-state index in [9.17, 15) is 9.90 Å². The summed E-state index contributed by atoms with van der Waals surface area (Å²) in [7, 11) is 0. The fourth-order valence-electron chi connectivity index (χ4n) is 3.38. The van der Waals surface area contributed by atoms with Gasteiger partial charge >= 0.3 is 6.09 Å². The Kier molecular flexibility index (Phi) is 4.26. The lowest BCUT2D eigenvalue weighted by molar-refractivity contribution is -0.145. The van der Waals surface area contributed by atoms with Crippen LogP contribution < -0.4 is 0 Å². The Morgan fingerprint density at radius 2 is 1.82 bits per heavy atom. The molecule has 2 rings (SSSR count). The maximum atomic E-state index is 12.2. The van der Waals surface area contributed by atoms with Crippen molar-refractivity contribution < 1.29 is 14.6 Å². The van der Waals surface area contributed by atoms with Crippen LogP contribution in [-0.4, -0.2) is 34.0 Å². The van der Waals surface area contributed by atoms with Crippen molar-refractivity contribution >= 4 is 6.09 Å². The summed E-state index contributed by atoms with van der Waals surface area (Å²) in [6, 6.07) is 10.1. The van der Waals surface area contributed by atoms with Gasteiger partial charge in [-0.2, -0.15) is 0 Å². The number of nitrogens with zero attached hydrogens (tertiary/aromatic N) is 1. The average Bonchev–Trinajstić information content (AvgIpc) is 2.59. The first-order chi connectivity index (χ1) is 10.1. The highest BCUT2D eigenvalue weighted by Crippen LogP contribution is 2.45. The molecule has 1 aromatic carbocycles. The third-order valence-electron chi connectivity index (χ3n) is 4.84. The van der Waals surface area contributed by atoms with Gasteiger partial charge in [-0.05, 0) is 31.2 Å². The average molecular weight is 305 g/mol. The minimum absolute atomic E-state index is 0.220. The van der Waals surface area contributed by atoms with Crippen molar-refractivity contribution in [1.29, 1.82) is 0 Å². The second-order valence-corrected chi connectivity index (χ2v) is 7.20. The lowest BCUT2D eigenvalue weighted by Crippen LogP contribution is -2.56. The van der Waals surface area contributed by atoms with Crippen LogP contribution in [0.3, 0.4) is 0 Å². The molecular formula is C18H27NO3. The molecule has 1 fully saturated rings. The standard InChI is InChI=1S/C18H27NO3/c1-6-12-19-15(20)22-17(4,18(19,5)21)13-16(2,3)14-10-8-7-9-11-14/h7-11,21H,6,12-13H2,1-5H3/t17-,18+/m1/s1. The molecule has 2 atom stereocenters. The Morgan fingerprint density at radius 3 is 2.36 bits per heavy atom. The van der Waals surface area contributed by atoms with Gasteiger partial charge in [0.1, 0.15) is 0 Å². The highest BCUT2D eigenvalue weighted by Gasteiger charge is 2.60. The van der Waals surface area contributed by atoms with Crippen LogP contribution in [0.5, 0.6) is 0 Å². The Balaban J connectivity index is 2.30. The van der Waals surface area contributed by atoms with E-state index >= 15 is 0 Å². The van der Waals surface area contributed by atoms with Crippen molar-refractivity contribution in [2.75, 3.05) is 6.54 Å². The van der Waals surface area contributed by atoms with Gasteiger partial charge in [0.05, 0.1) is 0 Å². The van der Waals surface area contributed by atoms with Gasteiger partial charge in [0.25, 0.3) is 0 Å². The summed E-state index contributed by atoms with van der Waals surface area (Å²) >= 11 is 0. The molecule has 0 bridgehead atoms. The summed E-state index contributed by atoms with van der Waals surface area (Å²) in [5, 5.41) is 11.0. The largest absolute Gasteiger partial charge is 0.438 e. The van der Waals surface area contributed by atoms with Crippen LogP contribution in [0.25, 0.3) is 0 Å². The Morgan fingerprint density at radius 1 is 1.23 bits per heavy atom. The maximum absolute atomic E-state index is 12.2. The zero-order valence-corrected chi connectivity index (χ0v) is 14.2. The minimum atomic E-state index is -1.31. The summed E-state index contributed by atoms with van der Waals surface area (Å²) in [6.07, 6.45) is 0.894. The van der Waals surface area contributed by atoms with Crippen LogP contribution in [0.4, 0.5) is 4.79 Å². The monoisotopic (exact) mass is 305 g/mol. The zero-order chi connectivity index (χ0) is 16.6. The third-order valence-corrected chi connectivity index (χ3v) is 4.84. The molecule has 1 saturated heterocycles. The Hall–Kier alpha value is -1.55. The van der Waals surface area contributed by atoms with Gasteiger partial charge in [-0.25, -0.2) is 4.79 Å². The summed E-state index contributed by atoms with van der Waals surface area (Å²) < 4.78 is 5.62. The fourth-order valence-corrected chi connectivity index (χ4v) is 3.38. The summed E-state index contributed by atoms with van der Waals surface area (Å²) in [6.45, 7) is 10.2. The third kappa shape index (κ3) is 2.72. The summed E-state index contributed by atoms with van der Waals surface area (Å²) in [5.41, 5.74) is -1.32. The summed E-state index contributed by atoms with van der Waals surface area (Å²) in [4.78, 5) is 13.6. The van der Waals surface area contributed by atoms with Crippen molar-refractivity contribution in [3.8, 4) is 0 Å². The van der Waals surface area contributed by atoms with Crippen LogP contribution in [-0.2, 0) is 10.2 Å². The summed E-state index contributed by atoms with van der Waals surface area (Å²) in [5.74, 6) is 0. The first-order valence-electron chi connectivity index (χ1n) is 7.92. The molecule has 1 heterocycles. The van der Waals surface area contributed by atoms with Crippen LogP contribution in [0.15, 0.2) is 30.3 Å². The molecule has 4 heteroatoms. The highest BCUT2D eigenvalue weighted by molar-refractivity contribution is 5.72. The molecule has 22 heavy (non-hydrogen) atoms. The van der Waals surface area contributed by atoms with Crippen LogP contribution in [0.1, 0.15) is 53.0 Å². The minimum Gasteiger partial charge on any atom is -0.438 e. The molecule has 1 aliphatic rings. The van der Waals surface area contributed by atoms with Gasteiger partial charge in [-0.1, -0.05) is 51.1 Å². The van der Waals surface area contributed by atoms with E-state index in [0.717, 1.165) is 12.0 Å². The lowest BCUT2D eigenvalue weighted by Gasteiger charge is -2.41. The van der Waals surface area contributed by atoms with Gasteiger partial charge in [-0.3, -0.25) is 4.90 Å². The van der Waals surface area contributed by atoms with Gasteiger partial charge in [0, 0.05) is 13.0 Å². The van der Waals surface area contributed by atoms with Crippen molar-refractivity contribution in [3.63, 3.8) is 0 Å². The normalized spacial score (nSPS) is 28.8. The predicted molar refractivity (Wildman–Crippen MR) is 86.6 cm³/mol. The van der Waals surface area contributed by atoms with E-state index in [0.29, 0.717) is 13.0 Å². The van der Waals surface area contributed by atoms with E-state index in [-0.39, 0.29) is 5.41 Å². The van der Waals surface area contributed by atoms with Crippen LogP contribution >= 0.6 is 0 Å². The number of benzene rings is 1. The number of carbonyl (C=O) groups excluding carboxylic acids is 1. The predicted octanol–water partition coefficient (Wildman–Crippen LogP) is 3.68. The SMILES string of the molecule is CCCN1C(=O)O[C@](C)(CC(C)(C)c2ccccc2)[C@]1(C)O. The number of amides is 1. The number of hydrogen-bond acceptors (Lipinski definition) is 3. The van der Waals surface area contributed by atoms with Crippen molar-refractivity contribution in [1.82, 2.24) is 4.90 Å². The van der Waals surface area contributed by atoms with Gasteiger partial charge in [0.2, 0.25) is 0 Å². The molecule has 0 aromatic heterocycles. The van der Waals surface area contributed by atoms with E-state index in [2.05, 4.69) is 26.0 Å². The molecule has 0 unspecified atom stereocenters. The van der Waals surface area contributed by atoms with E-state index in [1.54, 1.807) is 6.92 Å². The van der Waals surface area contributed by atoms with Crippen molar-refractivity contribution in [2.24, 2.45) is 0 Å². The van der Waals surface area contributed by atoms with Crippen LogP contribution in [0.2, 0.25) is 0 Å². The first kappa shape index (κ1) is 16.8. The van der Waals surface area contributed by atoms with E-state index in [1.165, 1.54) is 4.90 Å². The highest BCUT2D eigenvalue weighted by atomic mass is 16.6. The van der Waals surface area contributed by atoms with Gasteiger partial charge < -0.3 is 9.84 Å². The number of ether oxygens (including phenoxy) is 1. The first-order valence-corrected chi connectivity index (χ1v) is 7.92. The molecule has 1 aliphatic heterocycles. The van der Waals surface area contributed by atoms with Gasteiger partial charge in [0.15, 0.2) is 11.3 Å². The van der Waals surface area contributed by atoms with Gasteiger partial charge in [-0.15, -0.1) is 0 Å². The molecule has 0 radical (unpaired) electrons. The van der Waals surface area contributed by atoms with E-state index in [1.807, 2.05) is 32.0 Å². The lowest BCUT2D eigenvalue weighted by atomic mass is 9.72. The molecule has 4 nitrogen and oxygen atoms in total. The Bertz CT molecular complexity index is 539. The number of cyclic esters (lactones) is 1. The molecule has 1 amide bonds. The quantitative estimate of drug-likeness (QED) is 0.902. The fraction of sp³-hybridized carbons (Fsp3) is 0.611. The molecule has 0 spiro atoms. The Labute approximate surface area is 133 Å². The number of hydrogen-bond donors (Lipinski definition) is 1. The topological polar surface area (TPSA) is 49.8 Å². The van der Waals surface area contributed by atoms with Crippen molar-refractivity contribution in [2.45, 2.75) is 64.2 Å². The molecule has 1 N–H and O–H groups in total. The van der Waals surface area contributed by atoms with Crippen molar-refractivity contribution in [3.05, 3.63) is 35.9 Å². The molecule has 0 aliphatic carbocycles. The van der Waals surface area contributed by atoms with E-state index < -0.39 is 17.4 Å². The smallest absolute Gasteiger partial charge is 0.412 e. The zero-order valence-electron chi connectivity index (χ0n) is 14.2. The maximum Gasteiger partial charge on any atom is 0.412 e. The van der Waals surface area contributed by atoms with Crippen LogP contribution in [0, 0.1) is 0 Å². The molecular weight excluding hydrogens is 278 g/mol. The molecule has 0 saturated carbocycles. The molecule has 1 aromatic rings.